The molecule has 0 aromatic rings. The van der Waals surface area contributed by atoms with Gasteiger partial charge in [0.2, 0.25) is 11.8 Å². The molecule has 18 unspecified atom stereocenters. The maximum absolute atomic E-state index is 13.3. The summed E-state index contributed by atoms with van der Waals surface area (Å²) in [6, 6.07) is -2.62. The number of unbranched alkanes of at least 4 members (excludes halogenated alkanes) is 23. The molecule has 0 bridgehead atoms. The van der Waals surface area contributed by atoms with Crippen LogP contribution in [0.15, 0.2) is 24.3 Å². The number of carbonyl (C=O) groups excluding carboxylic acids is 2. The number of rotatable bonds is 45. The zero-order valence-corrected chi connectivity index (χ0v) is 49.8. The normalized spacial score (nSPS) is 30.1. The molecule has 23 heteroatoms. The largest absolute Gasteiger partial charge is 0.477 e. The molecule has 3 saturated heterocycles. The first kappa shape index (κ1) is 74.5. The fraction of sp³-hybridized carbons (Fsp3) is 0.883. The minimum absolute atomic E-state index is 0.190. The smallest absolute Gasteiger partial charge is 0.364 e. The second-order valence-electron chi connectivity index (χ2n) is 22.9. The molecular formula is C60H108N2O21. The molecule has 2 amide bonds. The van der Waals surface area contributed by atoms with Crippen LogP contribution in [0.2, 0.25) is 0 Å². The van der Waals surface area contributed by atoms with Crippen LogP contribution in [-0.4, -0.2) is 215 Å². The minimum Gasteiger partial charge on any atom is -0.477 e. The van der Waals surface area contributed by atoms with Crippen molar-refractivity contribution < 1.29 is 104 Å². The van der Waals surface area contributed by atoms with Gasteiger partial charge in [0.15, 0.2) is 12.6 Å². The number of hydrogen-bond donors (Lipinski definition) is 14. The van der Waals surface area contributed by atoms with Crippen LogP contribution in [0.4, 0.5) is 0 Å². The van der Waals surface area contributed by atoms with Gasteiger partial charge in [0.25, 0.3) is 5.79 Å². The highest BCUT2D eigenvalue weighted by atomic mass is 16.8. The molecule has 484 valence electrons. The van der Waals surface area contributed by atoms with Crippen molar-refractivity contribution in [2.45, 2.75) is 310 Å². The number of aliphatic hydroxyl groups is 11. The predicted molar refractivity (Wildman–Crippen MR) is 306 cm³/mol. The second kappa shape index (κ2) is 42.2. The van der Waals surface area contributed by atoms with Crippen LogP contribution < -0.4 is 10.6 Å². The Hall–Kier alpha value is -2.79. The number of aliphatic carboxylic acids is 1. The molecule has 3 aliphatic rings. The molecule has 0 aliphatic carbocycles. The first-order chi connectivity index (χ1) is 39.9. The summed E-state index contributed by atoms with van der Waals surface area (Å²) in [6.45, 7) is 2.07. The van der Waals surface area contributed by atoms with Crippen molar-refractivity contribution in [2.75, 3.05) is 26.4 Å². The van der Waals surface area contributed by atoms with E-state index in [9.17, 15) is 75.7 Å². The minimum atomic E-state index is -3.08. The second-order valence-corrected chi connectivity index (χ2v) is 22.9. The Labute approximate surface area is 492 Å². The van der Waals surface area contributed by atoms with E-state index in [1.165, 1.54) is 96.3 Å². The van der Waals surface area contributed by atoms with E-state index in [2.05, 4.69) is 36.6 Å². The van der Waals surface area contributed by atoms with E-state index < -0.39 is 155 Å². The highest BCUT2D eigenvalue weighted by Gasteiger charge is 2.60. The van der Waals surface area contributed by atoms with Gasteiger partial charge in [-0.25, -0.2) is 4.79 Å². The van der Waals surface area contributed by atoms with Crippen LogP contribution in [0.3, 0.4) is 0 Å². The number of amides is 2. The molecule has 3 aliphatic heterocycles. The maximum Gasteiger partial charge on any atom is 0.364 e. The first-order valence-corrected chi connectivity index (χ1v) is 31.2. The van der Waals surface area contributed by atoms with Gasteiger partial charge in [-0.2, -0.15) is 0 Å². The van der Waals surface area contributed by atoms with Gasteiger partial charge >= 0.3 is 5.97 Å². The van der Waals surface area contributed by atoms with Crippen LogP contribution in [0.5, 0.6) is 0 Å². The van der Waals surface area contributed by atoms with Crippen molar-refractivity contribution in [1.82, 2.24) is 10.6 Å². The van der Waals surface area contributed by atoms with Crippen LogP contribution in [-0.2, 0) is 42.8 Å². The Kier molecular flexibility index (Phi) is 37.8. The third-order valence-electron chi connectivity index (χ3n) is 15.9. The molecule has 14 N–H and O–H groups in total. The number of carboxylic acid groups (broad SMARTS) is 1. The standard InChI is InChI=1S/C60H108N2O21/c1-4-6-8-10-12-14-16-18-19-20-21-22-23-25-27-29-31-33-42(67)41(62-47(70)34-32-30-28-26-24-17-15-13-11-9-7-5-2)39-78-57-52(74)51(73)54(46(38-65)80-57)81-58-53(75)56(50(72)45(37-64)79-58)83-60(59(76)77)35-43(68)48(61-40(3)66)55(82-60)49(71)44(69)36-63/h13,15,31,33,41-46,48-58,63-65,67-69,71-75H,4-12,14,16-30,32,34-39H2,1-3H3,(H,61,66)(H,62,70)(H,76,77)/b15-13-,33-31+. The quantitative estimate of drug-likeness (QED) is 0.0307. The topological polar surface area (TPSA) is 373 Å². The molecule has 3 rings (SSSR count). The van der Waals surface area contributed by atoms with Crippen LogP contribution >= 0.6 is 0 Å². The van der Waals surface area contributed by atoms with Gasteiger partial charge in [-0.1, -0.05) is 160 Å². The molecule has 0 spiro atoms. The highest BCUT2D eigenvalue weighted by molar-refractivity contribution is 5.77. The monoisotopic (exact) mass is 1190 g/mol. The van der Waals surface area contributed by atoms with Crippen molar-refractivity contribution in [1.29, 1.82) is 0 Å². The fourth-order valence-electron chi connectivity index (χ4n) is 10.8. The summed E-state index contributed by atoms with van der Waals surface area (Å²) in [5, 5.41) is 135. The lowest BCUT2D eigenvalue weighted by Crippen LogP contribution is -2.70. The number of nitrogens with one attached hydrogen (secondary N) is 2. The van der Waals surface area contributed by atoms with Gasteiger partial charge in [0.05, 0.1) is 50.7 Å². The highest BCUT2D eigenvalue weighted by Crippen LogP contribution is 2.38. The number of carbonyl (C=O) groups is 3. The van der Waals surface area contributed by atoms with Crippen molar-refractivity contribution in [2.24, 2.45) is 0 Å². The number of ether oxygens (including phenoxy) is 6. The lowest BCUT2D eigenvalue weighted by atomic mass is 9.88. The third-order valence-corrected chi connectivity index (χ3v) is 15.9. The summed E-state index contributed by atoms with van der Waals surface area (Å²) >= 11 is 0. The summed E-state index contributed by atoms with van der Waals surface area (Å²) in [5.74, 6) is -6.16. The summed E-state index contributed by atoms with van der Waals surface area (Å²) in [4.78, 5) is 38.4. The Morgan fingerprint density at radius 2 is 1.13 bits per heavy atom. The van der Waals surface area contributed by atoms with E-state index in [1.54, 1.807) is 6.08 Å². The summed E-state index contributed by atoms with van der Waals surface area (Å²) in [7, 11) is 0. The summed E-state index contributed by atoms with van der Waals surface area (Å²) < 4.78 is 34.7. The van der Waals surface area contributed by atoms with Crippen molar-refractivity contribution in [3.63, 3.8) is 0 Å². The molecular weight excluding hydrogens is 1080 g/mol. The van der Waals surface area contributed by atoms with Gasteiger partial charge in [-0.3, -0.25) is 9.59 Å². The molecule has 0 radical (unpaired) electrons. The zero-order chi connectivity index (χ0) is 61.2. The zero-order valence-electron chi connectivity index (χ0n) is 49.8. The molecule has 3 heterocycles. The Bertz CT molecular complexity index is 1800. The fourth-order valence-corrected chi connectivity index (χ4v) is 10.8. The summed E-state index contributed by atoms with van der Waals surface area (Å²) in [5.41, 5.74) is 0. The van der Waals surface area contributed by atoms with E-state index >= 15 is 0 Å². The number of aliphatic hydroxyl groups excluding tert-OH is 11. The Morgan fingerprint density at radius 1 is 0.627 bits per heavy atom. The van der Waals surface area contributed by atoms with Crippen LogP contribution in [0.1, 0.15) is 201 Å². The van der Waals surface area contributed by atoms with Gasteiger partial charge in [0.1, 0.15) is 67.1 Å². The Balaban J connectivity index is 1.66. The maximum atomic E-state index is 13.3. The predicted octanol–water partition coefficient (Wildman–Crippen LogP) is 3.33. The number of hydrogen-bond acceptors (Lipinski definition) is 20. The van der Waals surface area contributed by atoms with Crippen molar-refractivity contribution in [3.05, 3.63) is 24.3 Å². The van der Waals surface area contributed by atoms with E-state index in [0.29, 0.717) is 12.8 Å². The average molecular weight is 1190 g/mol. The molecule has 23 nitrogen and oxygen atoms in total. The average Bonchev–Trinajstić information content (AvgIpc) is 2.31. The SMILES string of the molecule is CCCCC/C=C\CCCCCCCC(=O)NC(COC1OC(CO)C(OC2OC(CO)C(O)C(OC3(C(=O)O)CC(O)C(NC(C)=O)C(C(O)C(O)CO)O3)C2O)C(O)C1O)C(O)/C=C/CCCCCCCCCCCCCCCCC. The van der Waals surface area contributed by atoms with Crippen LogP contribution in [0.25, 0.3) is 0 Å². The summed E-state index contributed by atoms with van der Waals surface area (Å²) in [6.07, 6.45) is 8.15. The van der Waals surface area contributed by atoms with E-state index in [1.807, 2.05) is 6.08 Å². The third kappa shape index (κ3) is 26.2. The first-order valence-electron chi connectivity index (χ1n) is 31.2. The van der Waals surface area contributed by atoms with Gasteiger partial charge in [0, 0.05) is 19.8 Å². The molecule has 0 aromatic carbocycles. The Morgan fingerprint density at radius 3 is 1.66 bits per heavy atom. The van der Waals surface area contributed by atoms with E-state index in [4.69, 9.17) is 28.4 Å². The van der Waals surface area contributed by atoms with Gasteiger partial charge in [-0.15, -0.1) is 0 Å². The van der Waals surface area contributed by atoms with E-state index in [0.717, 1.165) is 64.7 Å². The van der Waals surface area contributed by atoms with Crippen LogP contribution in [0, 0.1) is 0 Å². The molecule has 18 atom stereocenters. The van der Waals surface area contributed by atoms with E-state index in [-0.39, 0.29) is 12.3 Å². The lowest BCUT2D eigenvalue weighted by Gasteiger charge is -2.50. The van der Waals surface area contributed by atoms with Gasteiger partial charge in [-0.05, 0) is 44.9 Å². The lowest BCUT2D eigenvalue weighted by molar-refractivity contribution is -0.386. The molecule has 83 heavy (non-hydrogen) atoms. The number of carboxylic acids is 1. The number of allylic oxidation sites excluding steroid dienone is 3. The molecule has 0 aromatic heterocycles. The van der Waals surface area contributed by atoms with Crippen molar-refractivity contribution in [3.8, 4) is 0 Å². The molecule has 0 saturated carbocycles. The molecule has 3 fully saturated rings. The van der Waals surface area contributed by atoms with Gasteiger partial charge < -0.3 is 100 Å². The van der Waals surface area contributed by atoms with Crippen molar-refractivity contribution >= 4 is 17.8 Å².